The van der Waals surface area contributed by atoms with Gasteiger partial charge in [0.2, 0.25) is 5.95 Å². The Morgan fingerprint density at radius 3 is 2.97 bits per heavy atom. The quantitative estimate of drug-likeness (QED) is 0.479. The molecule has 0 saturated heterocycles. The number of carbonyl (C=O) groups excluding carboxylic acids is 1. The number of nitrogens with one attached hydrogen (secondary N) is 3. The molecule has 4 rings (SSSR count). The standard InChI is InChI=1S/C20H26N6O4/c1-11(28-2)30-14-8-22-16-7-13(5-6-17(16)29-10-14)25-20-23-9-15(18(21)27)19(26-20)24-12-3-4-12/h5-7,9,11-12,14,22H,3-4,8,10H2,1-2H3,(H2,21,27)(H2,23,24,25,26)/t11?,14-/m1/s1. The summed E-state index contributed by atoms with van der Waals surface area (Å²) >= 11 is 0. The van der Waals surface area contributed by atoms with E-state index < -0.39 is 5.91 Å². The largest absolute Gasteiger partial charge is 0.489 e. The Labute approximate surface area is 174 Å². The average molecular weight is 414 g/mol. The summed E-state index contributed by atoms with van der Waals surface area (Å²) in [6.45, 7) is 2.85. The van der Waals surface area contributed by atoms with Gasteiger partial charge in [-0.1, -0.05) is 0 Å². The Bertz CT molecular complexity index is 920. The van der Waals surface area contributed by atoms with E-state index >= 15 is 0 Å². The maximum Gasteiger partial charge on any atom is 0.254 e. The van der Waals surface area contributed by atoms with Gasteiger partial charge in [-0.2, -0.15) is 4.98 Å². The summed E-state index contributed by atoms with van der Waals surface area (Å²) < 4.78 is 16.8. The van der Waals surface area contributed by atoms with Crippen molar-refractivity contribution in [3.8, 4) is 5.75 Å². The fraction of sp³-hybridized carbons (Fsp3) is 0.450. The fourth-order valence-electron chi connectivity index (χ4n) is 3.03. The highest BCUT2D eigenvalue weighted by Gasteiger charge is 2.24. The Hall–Kier alpha value is -3.11. The summed E-state index contributed by atoms with van der Waals surface area (Å²) in [5.41, 5.74) is 7.32. The van der Waals surface area contributed by atoms with Crippen molar-refractivity contribution in [1.29, 1.82) is 0 Å². The van der Waals surface area contributed by atoms with Gasteiger partial charge in [0.05, 0.1) is 11.3 Å². The molecule has 2 heterocycles. The van der Waals surface area contributed by atoms with Gasteiger partial charge in [-0.25, -0.2) is 4.98 Å². The first-order valence-corrected chi connectivity index (χ1v) is 9.91. The Kier molecular flexibility index (Phi) is 5.86. The normalized spacial score (nSPS) is 18.9. The first-order valence-electron chi connectivity index (χ1n) is 9.91. The van der Waals surface area contributed by atoms with E-state index in [2.05, 4.69) is 25.9 Å². The van der Waals surface area contributed by atoms with Crippen molar-refractivity contribution in [1.82, 2.24) is 9.97 Å². The molecule has 0 spiro atoms. The molecule has 10 nitrogen and oxygen atoms in total. The lowest BCUT2D eigenvalue weighted by Crippen LogP contribution is -2.31. The molecule has 30 heavy (non-hydrogen) atoms. The number of benzene rings is 1. The fourth-order valence-corrected chi connectivity index (χ4v) is 3.03. The maximum absolute atomic E-state index is 11.6. The molecule has 10 heteroatoms. The van der Waals surface area contributed by atoms with Crippen LogP contribution < -0.4 is 26.4 Å². The van der Waals surface area contributed by atoms with Crippen molar-refractivity contribution in [2.45, 2.75) is 38.2 Å². The molecule has 1 amide bonds. The third-order valence-electron chi connectivity index (χ3n) is 4.87. The molecule has 1 fully saturated rings. The first-order chi connectivity index (χ1) is 14.5. The number of hydrogen-bond acceptors (Lipinski definition) is 9. The zero-order valence-corrected chi connectivity index (χ0v) is 17.0. The molecule has 0 bridgehead atoms. The number of primary amides is 1. The molecule has 2 aromatic rings. The minimum Gasteiger partial charge on any atom is -0.489 e. The number of rotatable bonds is 8. The maximum atomic E-state index is 11.6. The number of carbonyl (C=O) groups is 1. The monoisotopic (exact) mass is 414 g/mol. The molecule has 5 N–H and O–H groups in total. The highest BCUT2D eigenvalue weighted by Crippen LogP contribution is 2.32. The molecule has 1 aromatic carbocycles. The summed E-state index contributed by atoms with van der Waals surface area (Å²) in [6, 6.07) is 5.99. The van der Waals surface area contributed by atoms with E-state index in [0.29, 0.717) is 31.0 Å². The SMILES string of the molecule is COC(C)O[C@@H]1CNc2cc(Nc3ncc(C(N)=O)c(NC4CC4)n3)ccc2OC1. The molecule has 1 aliphatic carbocycles. The number of methoxy groups -OCH3 is 1. The highest BCUT2D eigenvalue weighted by molar-refractivity contribution is 5.97. The van der Waals surface area contributed by atoms with Crippen LogP contribution in [-0.2, 0) is 9.47 Å². The van der Waals surface area contributed by atoms with Crippen LogP contribution >= 0.6 is 0 Å². The number of nitrogens with zero attached hydrogens (tertiary/aromatic N) is 2. The van der Waals surface area contributed by atoms with Crippen LogP contribution in [0.25, 0.3) is 0 Å². The van der Waals surface area contributed by atoms with E-state index in [1.807, 2.05) is 25.1 Å². The topological polar surface area (TPSA) is 133 Å². The zero-order chi connectivity index (χ0) is 21.1. The highest BCUT2D eigenvalue weighted by atomic mass is 16.7. The lowest BCUT2D eigenvalue weighted by Gasteiger charge is -2.19. The molecule has 2 atom stereocenters. The summed E-state index contributed by atoms with van der Waals surface area (Å²) in [5, 5.41) is 9.73. The smallest absolute Gasteiger partial charge is 0.254 e. The van der Waals surface area contributed by atoms with Crippen LogP contribution in [0, 0.1) is 0 Å². The third kappa shape index (κ3) is 4.89. The van der Waals surface area contributed by atoms with Crippen LogP contribution in [0.2, 0.25) is 0 Å². The first kappa shape index (κ1) is 20.2. The number of aromatic nitrogens is 2. The predicted octanol–water partition coefficient (Wildman–Crippen LogP) is 2.08. The van der Waals surface area contributed by atoms with Gasteiger partial charge in [-0.3, -0.25) is 4.79 Å². The summed E-state index contributed by atoms with van der Waals surface area (Å²) in [7, 11) is 1.60. The van der Waals surface area contributed by atoms with Crippen molar-refractivity contribution in [3.63, 3.8) is 0 Å². The minimum atomic E-state index is -0.560. The van der Waals surface area contributed by atoms with Crippen molar-refractivity contribution in [2.75, 3.05) is 36.2 Å². The van der Waals surface area contributed by atoms with E-state index in [4.69, 9.17) is 19.9 Å². The van der Waals surface area contributed by atoms with E-state index in [1.54, 1.807) is 7.11 Å². The molecular weight excluding hydrogens is 388 g/mol. The second kappa shape index (κ2) is 8.72. The molecule has 0 radical (unpaired) electrons. The van der Waals surface area contributed by atoms with Crippen LogP contribution in [0.4, 0.5) is 23.1 Å². The van der Waals surface area contributed by atoms with Crippen molar-refractivity contribution < 1.29 is 19.0 Å². The molecule has 160 valence electrons. The van der Waals surface area contributed by atoms with Gasteiger partial charge in [-0.15, -0.1) is 0 Å². The van der Waals surface area contributed by atoms with Crippen LogP contribution in [0.5, 0.6) is 5.75 Å². The van der Waals surface area contributed by atoms with Crippen molar-refractivity contribution >= 4 is 29.0 Å². The van der Waals surface area contributed by atoms with Gasteiger partial charge in [0.1, 0.15) is 24.3 Å². The molecule has 2 aliphatic rings. The number of nitrogens with two attached hydrogens (primary N) is 1. The number of amides is 1. The van der Waals surface area contributed by atoms with E-state index in [1.165, 1.54) is 6.20 Å². The zero-order valence-electron chi connectivity index (χ0n) is 17.0. The lowest BCUT2D eigenvalue weighted by molar-refractivity contribution is -0.146. The van der Waals surface area contributed by atoms with E-state index in [-0.39, 0.29) is 18.0 Å². The Morgan fingerprint density at radius 1 is 1.40 bits per heavy atom. The number of fused-ring (bicyclic) bond motifs is 1. The summed E-state index contributed by atoms with van der Waals surface area (Å²) in [6.07, 6.45) is 3.10. The van der Waals surface area contributed by atoms with Gasteiger partial charge in [0.25, 0.3) is 5.91 Å². The van der Waals surface area contributed by atoms with Gasteiger partial charge in [0.15, 0.2) is 6.29 Å². The second-order valence-electron chi connectivity index (χ2n) is 7.33. The van der Waals surface area contributed by atoms with Gasteiger partial charge < -0.3 is 35.9 Å². The van der Waals surface area contributed by atoms with Gasteiger partial charge in [-0.05, 0) is 38.0 Å². The summed E-state index contributed by atoms with van der Waals surface area (Å²) in [5.74, 6) is 0.993. The molecule has 1 aliphatic heterocycles. The van der Waals surface area contributed by atoms with Crippen LogP contribution in [0.3, 0.4) is 0 Å². The number of hydrogen-bond donors (Lipinski definition) is 4. The van der Waals surface area contributed by atoms with Gasteiger partial charge in [0, 0.05) is 31.6 Å². The second-order valence-corrected chi connectivity index (χ2v) is 7.33. The van der Waals surface area contributed by atoms with Crippen molar-refractivity contribution in [2.24, 2.45) is 5.73 Å². The molecule has 1 aromatic heterocycles. The Morgan fingerprint density at radius 2 is 2.23 bits per heavy atom. The van der Waals surface area contributed by atoms with Crippen LogP contribution in [0.15, 0.2) is 24.4 Å². The van der Waals surface area contributed by atoms with Crippen LogP contribution in [-0.4, -0.2) is 54.6 Å². The average Bonchev–Trinajstić information content (AvgIpc) is 3.56. The van der Waals surface area contributed by atoms with E-state index in [9.17, 15) is 4.79 Å². The number of ether oxygens (including phenoxy) is 3. The minimum absolute atomic E-state index is 0.135. The molecular formula is C20H26N6O4. The Balaban J connectivity index is 1.47. The van der Waals surface area contributed by atoms with Crippen LogP contribution in [0.1, 0.15) is 30.1 Å². The molecule has 1 saturated carbocycles. The van der Waals surface area contributed by atoms with Gasteiger partial charge >= 0.3 is 0 Å². The molecule has 1 unspecified atom stereocenters. The lowest BCUT2D eigenvalue weighted by atomic mass is 10.2. The van der Waals surface area contributed by atoms with Crippen molar-refractivity contribution in [3.05, 3.63) is 30.0 Å². The summed E-state index contributed by atoms with van der Waals surface area (Å²) in [4.78, 5) is 20.3. The number of anilines is 4. The predicted molar refractivity (Wildman–Crippen MR) is 112 cm³/mol. The third-order valence-corrected chi connectivity index (χ3v) is 4.87. The van der Waals surface area contributed by atoms with E-state index in [0.717, 1.165) is 30.0 Å².